The van der Waals surface area contributed by atoms with Crippen LogP contribution in [0.25, 0.3) is 22.2 Å². The zero-order valence-electron chi connectivity index (χ0n) is 9.61. The number of hydrogen-bond acceptors (Lipinski definition) is 5. The third kappa shape index (κ3) is 2.25. The first-order valence-corrected chi connectivity index (χ1v) is 6.33. The molecule has 5 nitrogen and oxygen atoms in total. The second kappa shape index (κ2) is 4.66. The second-order valence-electron chi connectivity index (χ2n) is 3.77. The Morgan fingerprint density at radius 2 is 1.84 bits per heavy atom. The van der Waals surface area contributed by atoms with Crippen LogP contribution in [0.4, 0.5) is 0 Å². The molecule has 0 amide bonds. The fourth-order valence-electron chi connectivity index (χ4n) is 1.60. The summed E-state index contributed by atoms with van der Waals surface area (Å²) in [5.74, 6) is -0.121. The largest absolute Gasteiger partial charge is 0.478 e. The Morgan fingerprint density at radius 3 is 2.47 bits per heavy atom. The highest BCUT2D eigenvalue weighted by atomic mass is 32.1. The van der Waals surface area contributed by atoms with Gasteiger partial charge in [-0.05, 0) is 35.7 Å². The van der Waals surface area contributed by atoms with Gasteiger partial charge in [0.1, 0.15) is 0 Å². The zero-order chi connectivity index (χ0) is 13.2. The summed E-state index contributed by atoms with van der Waals surface area (Å²) in [6.45, 7) is 0. The van der Waals surface area contributed by atoms with E-state index in [4.69, 9.17) is 9.52 Å². The third-order valence-corrected chi connectivity index (χ3v) is 3.39. The van der Waals surface area contributed by atoms with E-state index in [9.17, 15) is 4.79 Å². The Morgan fingerprint density at radius 1 is 1.11 bits per heavy atom. The van der Waals surface area contributed by atoms with E-state index in [1.54, 1.807) is 12.1 Å². The monoisotopic (exact) mass is 272 g/mol. The second-order valence-corrected chi connectivity index (χ2v) is 4.72. The number of aromatic carboxylic acids is 1. The van der Waals surface area contributed by atoms with Gasteiger partial charge in [0.05, 0.1) is 10.4 Å². The molecule has 0 fully saturated rings. The van der Waals surface area contributed by atoms with Gasteiger partial charge >= 0.3 is 5.97 Å². The summed E-state index contributed by atoms with van der Waals surface area (Å²) in [6.07, 6.45) is 0. The Balaban J connectivity index is 1.92. The zero-order valence-corrected chi connectivity index (χ0v) is 10.4. The van der Waals surface area contributed by atoms with E-state index in [0.29, 0.717) is 17.3 Å². The van der Waals surface area contributed by atoms with E-state index in [0.717, 1.165) is 4.88 Å². The normalized spacial score (nSPS) is 10.5. The van der Waals surface area contributed by atoms with E-state index in [2.05, 4.69) is 10.2 Å². The number of carbonyl (C=O) groups is 1. The minimum absolute atomic E-state index is 0.224. The van der Waals surface area contributed by atoms with Crippen LogP contribution in [0, 0.1) is 0 Å². The summed E-state index contributed by atoms with van der Waals surface area (Å²) in [5, 5.41) is 18.7. The molecule has 2 aromatic heterocycles. The molecule has 0 saturated heterocycles. The molecule has 2 heterocycles. The van der Waals surface area contributed by atoms with Crippen molar-refractivity contribution in [2.24, 2.45) is 0 Å². The molecule has 3 aromatic rings. The Kier molecular flexibility index (Phi) is 2.85. The third-order valence-electron chi connectivity index (χ3n) is 2.54. The Labute approximate surface area is 112 Å². The van der Waals surface area contributed by atoms with Gasteiger partial charge in [0.25, 0.3) is 5.89 Å². The standard InChI is InChI=1S/C13H8N2O3S/c16-13(17)9-5-3-8(4-6-9)11-14-15-12(18-11)10-2-1-7-19-10/h1-7H,(H,16,17). The van der Waals surface area contributed by atoms with Crippen molar-refractivity contribution >= 4 is 17.3 Å². The first kappa shape index (κ1) is 11.6. The number of aromatic nitrogens is 2. The molecule has 0 aliphatic rings. The SMILES string of the molecule is O=C(O)c1ccc(-c2nnc(-c3cccs3)o2)cc1. The predicted molar refractivity (Wildman–Crippen MR) is 70.0 cm³/mol. The van der Waals surface area contributed by atoms with Crippen LogP contribution < -0.4 is 0 Å². The molecule has 0 atom stereocenters. The fraction of sp³-hybridized carbons (Fsp3) is 0. The number of rotatable bonds is 3. The molecule has 1 N–H and O–H groups in total. The van der Waals surface area contributed by atoms with Gasteiger partial charge in [-0.2, -0.15) is 0 Å². The van der Waals surface area contributed by atoms with Crippen LogP contribution in [-0.2, 0) is 0 Å². The van der Waals surface area contributed by atoms with Gasteiger partial charge in [0.2, 0.25) is 5.89 Å². The first-order valence-electron chi connectivity index (χ1n) is 5.45. The van der Waals surface area contributed by atoms with Gasteiger partial charge < -0.3 is 9.52 Å². The summed E-state index contributed by atoms with van der Waals surface area (Å²) in [4.78, 5) is 11.7. The lowest BCUT2D eigenvalue weighted by Gasteiger charge is -1.96. The van der Waals surface area contributed by atoms with E-state index in [-0.39, 0.29) is 5.56 Å². The highest BCUT2D eigenvalue weighted by Gasteiger charge is 2.11. The van der Waals surface area contributed by atoms with Crippen molar-refractivity contribution in [3.8, 4) is 22.2 Å². The summed E-state index contributed by atoms with van der Waals surface area (Å²) in [5.41, 5.74) is 0.919. The van der Waals surface area contributed by atoms with Crippen LogP contribution in [0.3, 0.4) is 0 Å². The summed E-state index contributed by atoms with van der Waals surface area (Å²) in [6, 6.07) is 10.1. The fourth-order valence-corrected chi connectivity index (χ4v) is 2.24. The molecule has 0 saturated carbocycles. The minimum atomic E-state index is -0.962. The average Bonchev–Trinajstić information content (AvgIpc) is 3.10. The van der Waals surface area contributed by atoms with Gasteiger partial charge in [-0.15, -0.1) is 21.5 Å². The molecule has 1 aromatic carbocycles. The van der Waals surface area contributed by atoms with Crippen LogP contribution >= 0.6 is 11.3 Å². The molecule has 6 heteroatoms. The first-order chi connectivity index (χ1) is 9.24. The molecule has 0 radical (unpaired) electrons. The van der Waals surface area contributed by atoms with Crippen LogP contribution in [0.5, 0.6) is 0 Å². The van der Waals surface area contributed by atoms with Crippen LogP contribution in [0.2, 0.25) is 0 Å². The van der Waals surface area contributed by atoms with Crippen LogP contribution in [-0.4, -0.2) is 21.3 Å². The topological polar surface area (TPSA) is 76.2 Å². The lowest BCUT2D eigenvalue weighted by molar-refractivity contribution is 0.0697. The van der Waals surface area contributed by atoms with E-state index >= 15 is 0 Å². The number of hydrogen-bond donors (Lipinski definition) is 1. The molecule has 0 aliphatic heterocycles. The maximum atomic E-state index is 10.8. The highest BCUT2D eigenvalue weighted by molar-refractivity contribution is 7.13. The molecule has 3 rings (SSSR count). The molecule has 0 bridgehead atoms. The van der Waals surface area contributed by atoms with Crippen molar-refractivity contribution in [1.29, 1.82) is 0 Å². The van der Waals surface area contributed by atoms with Gasteiger partial charge in [-0.1, -0.05) is 6.07 Å². The van der Waals surface area contributed by atoms with Gasteiger partial charge in [0.15, 0.2) is 0 Å². The van der Waals surface area contributed by atoms with Crippen molar-refractivity contribution < 1.29 is 14.3 Å². The molecule has 0 spiro atoms. The van der Waals surface area contributed by atoms with Crippen LogP contribution in [0.15, 0.2) is 46.2 Å². The maximum Gasteiger partial charge on any atom is 0.335 e. The lowest BCUT2D eigenvalue weighted by Crippen LogP contribution is -1.94. The summed E-state index contributed by atoms with van der Waals surface area (Å²) < 4.78 is 5.56. The van der Waals surface area contributed by atoms with Crippen molar-refractivity contribution in [2.75, 3.05) is 0 Å². The van der Waals surface area contributed by atoms with Gasteiger partial charge in [-0.25, -0.2) is 4.79 Å². The van der Waals surface area contributed by atoms with Gasteiger partial charge in [-0.3, -0.25) is 0 Å². The number of carboxylic acids is 1. The van der Waals surface area contributed by atoms with Crippen molar-refractivity contribution in [2.45, 2.75) is 0 Å². The summed E-state index contributed by atoms with van der Waals surface area (Å²) in [7, 11) is 0. The predicted octanol–water partition coefficient (Wildman–Crippen LogP) is 3.16. The molecule has 0 unspecified atom stereocenters. The van der Waals surface area contributed by atoms with Crippen molar-refractivity contribution in [1.82, 2.24) is 10.2 Å². The highest BCUT2D eigenvalue weighted by Crippen LogP contribution is 2.26. The average molecular weight is 272 g/mol. The molecule has 19 heavy (non-hydrogen) atoms. The van der Waals surface area contributed by atoms with E-state index in [1.807, 2.05) is 17.5 Å². The molecular weight excluding hydrogens is 264 g/mol. The molecular formula is C13H8N2O3S. The van der Waals surface area contributed by atoms with Gasteiger partial charge in [0, 0.05) is 5.56 Å². The molecule has 94 valence electrons. The van der Waals surface area contributed by atoms with Crippen molar-refractivity contribution in [3.05, 3.63) is 47.3 Å². The Hall–Kier alpha value is -2.47. The number of nitrogens with zero attached hydrogens (tertiary/aromatic N) is 2. The van der Waals surface area contributed by atoms with Crippen molar-refractivity contribution in [3.63, 3.8) is 0 Å². The van der Waals surface area contributed by atoms with E-state index in [1.165, 1.54) is 23.5 Å². The number of carboxylic acid groups (broad SMARTS) is 1. The van der Waals surface area contributed by atoms with Crippen LogP contribution in [0.1, 0.15) is 10.4 Å². The van der Waals surface area contributed by atoms with E-state index < -0.39 is 5.97 Å². The summed E-state index contributed by atoms with van der Waals surface area (Å²) >= 11 is 1.52. The Bertz CT molecular complexity index is 702. The maximum absolute atomic E-state index is 10.8. The number of thiophene rings is 1. The minimum Gasteiger partial charge on any atom is -0.478 e. The lowest BCUT2D eigenvalue weighted by atomic mass is 10.1. The number of benzene rings is 1. The quantitative estimate of drug-likeness (QED) is 0.792. The smallest absolute Gasteiger partial charge is 0.335 e. The molecule has 0 aliphatic carbocycles.